The van der Waals surface area contributed by atoms with Crippen molar-refractivity contribution in [3.8, 4) is 0 Å². The number of amides is 2. The molecule has 0 radical (unpaired) electrons. The van der Waals surface area contributed by atoms with Gasteiger partial charge in [-0.25, -0.2) is 12.7 Å². The lowest BCUT2D eigenvalue weighted by molar-refractivity contribution is -0.138. The van der Waals surface area contributed by atoms with Crippen LogP contribution in [-0.4, -0.2) is 73.7 Å². The number of nitrogens with one attached hydrogen (secondary N) is 1. The molecule has 0 unspecified atom stereocenters. The molecule has 2 heterocycles. The predicted molar refractivity (Wildman–Crippen MR) is 142 cm³/mol. The molecule has 1 aliphatic carbocycles. The van der Waals surface area contributed by atoms with Crippen molar-refractivity contribution in [1.82, 2.24) is 14.5 Å². The lowest BCUT2D eigenvalue weighted by atomic mass is 9.88. The Hall–Kier alpha value is -2.47. The van der Waals surface area contributed by atoms with Crippen LogP contribution in [-0.2, 0) is 38.6 Å². The van der Waals surface area contributed by atoms with E-state index in [2.05, 4.69) is 5.32 Å². The van der Waals surface area contributed by atoms with E-state index in [4.69, 9.17) is 4.99 Å². The highest BCUT2D eigenvalue weighted by Crippen LogP contribution is 2.36. The Kier molecular flexibility index (Phi) is 8.75. The van der Waals surface area contributed by atoms with Crippen molar-refractivity contribution < 1.29 is 31.2 Å². The molecule has 1 aromatic carbocycles. The summed E-state index contributed by atoms with van der Waals surface area (Å²) in [7, 11) is -0.681. The van der Waals surface area contributed by atoms with E-state index >= 15 is 0 Å². The van der Waals surface area contributed by atoms with E-state index in [-0.39, 0.29) is 68.5 Å². The zero-order valence-corrected chi connectivity index (χ0v) is 23.3. The van der Waals surface area contributed by atoms with Crippen molar-refractivity contribution in [3.63, 3.8) is 0 Å². The van der Waals surface area contributed by atoms with E-state index in [0.29, 0.717) is 5.56 Å². The number of sulfonamides is 1. The highest BCUT2D eigenvalue weighted by atomic mass is 32.2. The molecule has 1 saturated heterocycles. The van der Waals surface area contributed by atoms with E-state index in [1.807, 2.05) is 0 Å². The maximum Gasteiger partial charge on any atom is 0.416 e. The summed E-state index contributed by atoms with van der Waals surface area (Å²) in [6, 6.07) is 3.84. The maximum absolute atomic E-state index is 13.8. The first kappa shape index (κ1) is 29.5. The topological polar surface area (TPSA) is 99.2 Å². The van der Waals surface area contributed by atoms with Crippen molar-refractivity contribution in [2.24, 2.45) is 10.9 Å². The largest absolute Gasteiger partial charge is 0.416 e. The van der Waals surface area contributed by atoms with Gasteiger partial charge in [-0.3, -0.25) is 14.6 Å². The Morgan fingerprint density at radius 2 is 1.79 bits per heavy atom. The molecule has 39 heavy (non-hydrogen) atoms. The molecule has 2 aliphatic heterocycles. The molecule has 1 aromatic rings. The highest BCUT2D eigenvalue weighted by Gasteiger charge is 2.48. The van der Waals surface area contributed by atoms with Gasteiger partial charge in [-0.05, 0) is 55.7 Å². The Balaban J connectivity index is 1.39. The number of amidine groups is 1. The third-order valence-electron chi connectivity index (χ3n) is 8.17. The number of hydrogen-bond acceptors (Lipinski definition) is 5. The zero-order chi connectivity index (χ0) is 28.4. The van der Waals surface area contributed by atoms with Gasteiger partial charge in [0.15, 0.2) is 0 Å². The Labute approximate surface area is 228 Å². The number of aliphatic imine (C=N–C) groups is 1. The normalized spacial score (nSPS) is 20.6. The monoisotopic (exact) mass is 570 g/mol. The highest BCUT2D eigenvalue weighted by molar-refractivity contribution is 7.89. The van der Waals surface area contributed by atoms with Crippen LogP contribution in [0.25, 0.3) is 0 Å². The fraction of sp³-hybridized carbons (Fsp3) is 0.667. The van der Waals surface area contributed by atoms with Crippen LogP contribution in [0, 0.1) is 5.92 Å². The molecule has 0 bridgehead atoms. The number of nitrogens with zero attached hydrogens (tertiary/aromatic N) is 3. The van der Waals surface area contributed by atoms with Gasteiger partial charge in [0.2, 0.25) is 15.9 Å². The summed E-state index contributed by atoms with van der Waals surface area (Å²) in [4.78, 5) is 30.8. The summed E-state index contributed by atoms with van der Waals surface area (Å²) >= 11 is 0. The fourth-order valence-electron chi connectivity index (χ4n) is 5.69. The minimum Gasteiger partial charge on any atom is -0.349 e. The minimum absolute atomic E-state index is 0.0820. The summed E-state index contributed by atoms with van der Waals surface area (Å²) in [6.45, 7) is 0.199. The quantitative estimate of drug-likeness (QED) is 0.517. The standard InChI is InChI=1S/C27H37F3N4O4S/c1-33(2)23(35)11-9-19-8-10-20(22(18-19)27(28,29)30)12-17-39(37,38)34-15-13-26(14-16-34)25(36)31-24(32-26)21-6-4-3-5-7-21/h8,10,18,21H,3-7,9,11-17H2,1-2H3,(H,31,32,36). The average molecular weight is 571 g/mol. The first-order valence-electron chi connectivity index (χ1n) is 13.6. The molecular formula is C27H37F3N4O4S. The van der Waals surface area contributed by atoms with Crippen LogP contribution in [0.1, 0.15) is 68.1 Å². The number of carbonyl (C=O) groups is 2. The van der Waals surface area contributed by atoms with Gasteiger partial charge in [-0.15, -0.1) is 0 Å². The SMILES string of the molecule is CN(C)C(=O)CCc1ccc(CCS(=O)(=O)N2CCC3(CC2)N=C(C2CCCCC2)NC3=O)c(C(F)(F)F)c1. The Morgan fingerprint density at radius 3 is 2.41 bits per heavy atom. The maximum atomic E-state index is 13.8. The molecule has 1 spiro atoms. The van der Waals surface area contributed by atoms with Gasteiger partial charge in [0.1, 0.15) is 11.4 Å². The number of piperidine rings is 1. The molecule has 1 N–H and O–H groups in total. The Morgan fingerprint density at radius 1 is 1.13 bits per heavy atom. The fourth-order valence-corrected chi connectivity index (χ4v) is 7.16. The molecule has 3 aliphatic rings. The first-order chi connectivity index (χ1) is 18.3. The van der Waals surface area contributed by atoms with Gasteiger partial charge in [-0.2, -0.15) is 13.2 Å². The molecule has 12 heteroatoms. The second-order valence-electron chi connectivity index (χ2n) is 11.1. The summed E-state index contributed by atoms with van der Waals surface area (Å²) in [5, 5.41) is 2.95. The second kappa shape index (κ2) is 11.6. The third-order valence-corrected chi connectivity index (χ3v) is 10.0. The van der Waals surface area contributed by atoms with Gasteiger partial charge in [0.25, 0.3) is 5.91 Å². The lowest BCUT2D eigenvalue weighted by Crippen LogP contribution is -2.51. The van der Waals surface area contributed by atoms with Gasteiger partial charge >= 0.3 is 6.18 Å². The van der Waals surface area contributed by atoms with Crippen LogP contribution in [0.3, 0.4) is 0 Å². The smallest absolute Gasteiger partial charge is 0.349 e. The number of halogens is 3. The number of alkyl halides is 3. The summed E-state index contributed by atoms with van der Waals surface area (Å²) in [5.74, 6) is 0.136. The van der Waals surface area contributed by atoms with Crippen LogP contribution in [0.4, 0.5) is 13.2 Å². The number of benzene rings is 1. The molecule has 4 rings (SSSR count). The van der Waals surface area contributed by atoms with E-state index < -0.39 is 33.1 Å². The molecule has 216 valence electrons. The average Bonchev–Trinajstić information content (AvgIpc) is 3.21. The van der Waals surface area contributed by atoms with E-state index in [1.54, 1.807) is 14.1 Å². The van der Waals surface area contributed by atoms with E-state index in [0.717, 1.165) is 37.6 Å². The molecule has 0 aromatic heterocycles. The van der Waals surface area contributed by atoms with Gasteiger partial charge < -0.3 is 10.2 Å². The predicted octanol–water partition coefficient (Wildman–Crippen LogP) is 3.54. The lowest BCUT2D eigenvalue weighted by Gasteiger charge is -2.34. The summed E-state index contributed by atoms with van der Waals surface area (Å²) in [5.41, 5.74) is -1.56. The van der Waals surface area contributed by atoms with Crippen molar-refractivity contribution >= 4 is 27.7 Å². The van der Waals surface area contributed by atoms with Crippen LogP contribution in [0.15, 0.2) is 23.2 Å². The zero-order valence-electron chi connectivity index (χ0n) is 22.5. The number of carbonyl (C=O) groups excluding carboxylic acids is 2. The number of rotatable bonds is 8. The van der Waals surface area contributed by atoms with Crippen LogP contribution < -0.4 is 5.32 Å². The number of hydrogen-bond donors (Lipinski definition) is 1. The van der Waals surface area contributed by atoms with Crippen LogP contribution >= 0.6 is 0 Å². The summed E-state index contributed by atoms with van der Waals surface area (Å²) in [6.07, 6.45) is 1.18. The molecule has 2 amide bonds. The van der Waals surface area contributed by atoms with Crippen molar-refractivity contribution in [1.29, 1.82) is 0 Å². The third kappa shape index (κ3) is 6.82. The first-order valence-corrected chi connectivity index (χ1v) is 15.2. The van der Waals surface area contributed by atoms with E-state index in [1.165, 1.54) is 27.8 Å². The number of aryl methyl sites for hydroxylation is 2. The van der Waals surface area contributed by atoms with Crippen LogP contribution in [0.5, 0.6) is 0 Å². The molecule has 1 saturated carbocycles. The molecular weight excluding hydrogens is 533 g/mol. The molecule has 0 atom stereocenters. The molecule has 2 fully saturated rings. The van der Waals surface area contributed by atoms with Crippen molar-refractivity contribution in [3.05, 3.63) is 34.9 Å². The van der Waals surface area contributed by atoms with Gasteiger partial charge in [0.05, 0.1) is 11.3 Å². The van der Waals surface area contributed by atoms with E-state index in [9.17, 15) is 31.2 Å². The van der Waals surface area contributed by atoms with Crippen LogP contribution in [0.2, 0.25) is 0 Å². The van der Waals surface area contributed by atoms with Gasteiger partial charge in [-0.1, -0.05) is 31.4 Å². The minimum atomic E-state index is -4.65. The Bertz CT molecular complexity index is 1220. The van der Waals surface area contributed by atoms with Gasteiger partial charge in [0, 0.05) is 39.5 Å². The van der Waals surface area contributed by atoms with Crippen molar-refractivity contribution in [2.75, 3.05) is 32.9 Å². The second-order valence-corrected chi connectivity index (χ2v) is 13.1. The molecule has 8 nitrogen and oxygen atoms in total. The summed E-state index contributed by atoms with van der Waals surface area (Å²) < 4.78 is 68.9. The van der Waals surface area contributed by atoms with Crippen molar-refractivity contribution in [2.45, 2.75) is 75.9 Å².